The Labute approximate surface area is 131 Å². The van der Waals surface area contributed by atoms with E-state index in [1.54, 1.807) is 6.20 Å². The molecule has 0 unspecified atom stereocenters. The maximum Gasteiger partial charge on any atom is 0.160 e. The Bertz CT molecular complexity index is 592. The number of rotatable bonds is 6. The Morgan fingerprint density at radius 1 is 1.33 bits per heavy atom. The van der Waals surface area contributed by atoms with Crippen molar-refractivity contribution in [2.45, 2.75) is 6.92 Å². The zero-order valence-electron chi connectivity index (χ0n) is 11.6. The van der Waals surface area contributed by atoms with Gasteiger partial charge in [-0.2, -0.15) is 0 Å². The highest BCUT2D eigenvalue weighted by atomic mass is 79.9. The van der Waals surface area contributed by atoms with Gasteiger partial charge in [0.1, 0.15) is 17.8 Å². The molecule has 0 atom stereocenters. The third kappa shape index (κ3) is 3.79. The lowest BCUT2D eigenvalue weighted by molar-refractivity contribution is 0.302. The first-order valence-corrected chi connectivity index (χ1v) is 7.29. The van der Waals surface area contributed by atoms with E-state index in [4.69, 9.17) is 10.8 Å². The van der Waals surface area contributed by atoms with E-state index >= 15 is 0 Å². The Kier molecular flexibility index (Phi) is 5.29. The molecule has 0 amide bonds. The van der Waals surface area contributed by atoms with E-state index in [1.165, 1.54) is 6.33 Å². The average Bonchev–Trinajstić information content (AvgIpc) is 2.49. The number of anilines is 4. The van der Waals surface area contributed by atoms with Gasteiger partial charge in [-0.25, -0.2) is 15.0 Å². The Hall–Kier alpha value is -1.93. The third-order valence-electron chi connectivity index (χ3n) is 2.89. The van der Waals surface area contributed by atoms with E-state index in [0.717, 1.165) is 4.47 Å². The number of hydrogen-bond donors (Lipinski definition) is 3. The van der Waals surface area contributed by atoms with Crippen LogP contribution >= 0.6 is 15.9 Å². The minimum absolute atomic E-state index is 0.0360. The van der Waals surface area contributed by atoms with Crippen LogP contribution in [-0.2, 0) is 0 Å². The lowest BCUT2D eigenvalue weighted by Crippen LogP contribution is -2.28. The van der Waals surface area contributed by atoms with Crippen molar-refractivity contribution in [1.82, 2.24) is 15.0 Å². The SMILES string of the molecule is CCN(CCO)c1ncnc(Nc2ccc(Br)cn2)c1N. The van der Waals surface area contributed by atoms with Gasteiger partial charge in [0.25, 0.3) is 0 Å². The molecule has 2 heterocycles. The Morgan fingerprint density at radius 2 is 2.14 bits per heavy atom. The fourth-order valence-corrected chi connectivity index (χ4v) is 2.08. The predicted molar refractivity (Wildman–Crippen MR) is 86.6 cm³/mol. The number of nitrogen functional groups attached to an aromatic ring is 1. The standard InChI is InChI=1S/C13H17BrN6O/c1-2-20(5-6-21)13-11(15)12(17-8-18-13)19-10-4-3-9(14)7-16-10/h3-4,7-8,21H,2,5-6,15H2,1H3,(H,16,17,18,19). The zero-order valence-corrected chi connectivity index (χ0v) is 13.2. The summed E-state index contributed by atoms with van der Waals surface area (Å²) in [7, 11) is 0. The molecule has 0 saturated carbocycles. The van der Waals surface area contributed by atoms with Crippen LogP contribution in [0.2, 0.25) is 0 Å². The number of nitrogens with one attached hydrogen (secondary N) is 1. The minimum atomic E-state index is 0.0360. The number of nitrogens with two attached hydrogens (primary N) is 1. The smallest absolute Gasteiger partial charge is 0.160 e. The fraction of sp³-hybridized carbons (Fsp3) is 0.308. The van der Waals surface area contributed by atoms with Crippen LogP contribution in [0.5, 0.6) is 0 Å². The molecule has 0 fully saturated rings. The molecular weight excluding hydrogens is 336 g/mol. The van der Waals surface area contributed by atoms with Crippen LogP contribution in [-0.4, -0.2) is 39.8 Å². The van der Waals surface area contributed by atoms with Crippen LogP contribution < -0.4 is 16.0 Å². The first-order valence-electron chi connectivity index (χ1n) is 6.50. The highest BCUT2D eigenvalue weighted by Crippen LogP contribution is 2.27. The Morgan fingerprint density at radius 3 is 2.76 bits per heavy atom. The van der Waals surface area contributed by atoms with Crippen LogP contribution in [0, 0.1) is 0 Å². The van der Waals surface area contributed by atoms with Gasteiger partial charge in [0.05, 0.1) is 6.61 Å². The van der Waals surface area contributed by atoms with Gasteiger partial charge in [0, 0.05) is 23.8 Å². The van der Waals surface area contributed by atoms with Gasteiger partial charge in [-0.15, -0.1) is 0 Å². The molecule has 2 rings (SSSR count). The fourth-order valence-electron chi connectivity index (χ4n) is 1.84. The lowest BCUT2D eigenvalue weighted by Gasteiger charge is -2.22. The van der Waals surface area contributed by atoms with Gasteiger partial charge >= 0.3 is 0 Å². The molecule has 8 heteroatoms. The molecule has 2 aromatic rings. The molecule has 0 spiro atoms. The number of aliphatic hydroxyl groups excluding tert-OH is 1. The van der Waals surface area contributed by atoms with Crippen LogP contribution in [0.3, 0.4) is 0 Å². The highest BCUT2D eigenvalue weighted by Gasteiger charge is 2.14. The van der Waals surface area contributed by atoms with Crippen molar-refractivity contribution in [3.05, 3.63) is 29.1 Å². The van der Waals surface area contributed by atoms with Gasteiger partial charge in [-0.1, -0.05) is 0 Å². The second-order valence-corrected chi connectivity index (χ2v) is 5.17. The zero-order chi connectivity index (χ0) is 15.2. The quantitative estimate of drug-likeness (QED) is 0.728. The maximum atomic E-state index is 9.09. The summed E-state index contributed by atoms with van der Waals surface area (Å²) in [4.78, 5) is 14.4. The van der Waals surface area contributed by atoms with Gasteiger partial charge in [0.15, 0.2) is 11.6 Å². The molecule has 4 N–H and O–H groups in total. The van der Waals surface area contributed by atoms with Crippen LogP contribution in [0.4, 0.5) is 23.1 Å². The number of likely N-dealkylation sites (N-methyl/N-ethyl adjacent to an activating group) is 1. The highest BCUT2D eigenvalue weighted by molar-refractivity contribution is 9.10. The van der Waals surface area contributed by atoms with Crippen molar-refractivity contribution in [1.29, 1.82) is 0 Å². The van der Waals surface area contributed by atoms with Crippen LogP contribution in [0.25, 0.3) is 0 Å². The monoisotopic (exact) mass is 352 g/mol. The molecular formula is C13H17BrN6O. The van der Waals surface area contributed by atoms with Crippen LogP contribution in [0.15, 0.2) is 29.1 Å². The molecule has 21 heavy (non-hydrogen) atoms. The van der Waals surface area contributed by atoms with Crippen molar-refractivity contribution in [3.8, 4) is 0 Å². The molecule has 0 aliphatic heterocycles. The van der Waals surface area contributed by atoms with Crippen molar-refractivity contribution < 1.29 is 5.11 Å². The van der Waals surface area contributed by atoms with E-state index in [2.05, 4.69) is 36.2 Å². The summed E-state index contributed by atoms with van der Waals surface area (Å²) in [6.45, 7) is 3.17. The minimum Gasteiger partial charge on any atom is -0.395 e. The summed E-state index contributed by atoms with van der Waals surface area (Å²) >= 11 is 3.33. The second kappa shape index (κ2) is 7.19. The van der Waals surface area contributed by atoms with Crippen molar-refractivity contribution in [2.75, 3.05) is 35.6 Å². The molecule has 112 valence electrons. The van der Waals surface area contributed by atoms with Crippen LogP contribution in [0.1, 0.15) is 6.92 Å². The topological polar surface area (TPSA) is 100 Å². The van der Waals surface area contributed by atoms with Crippen molar-refractivity contribution in [3.63, 3.8) is 0 Å². The number of pyridine rings is 1. The van der Waals surface area contributed by atoms with E-state index in [-0.39, 0.29) is 6.61 Å². The maximum absolute atomic E-state index is 9.09. The summed E-state index contributed by atoms with van der Waals surface area (Å²) in [5.41, 5.74) is 6.55. The molecule has 0 aliphatic rings. The summed E-state index contributed by atoms with van der Waals surface area (Å²) in [5, 5.41) is 12.2. The number of aliphatic hydroxyl groups is 1. The van der Waals surface area contributed by atoms with Crippen molar-refractivity contribution >= 4 is 39.1 Å². The Balaban J connectivity index is 2.26. The van der Waals surface area contributed by atoms with Gasteiger partial charge in [-0.05, 0) is 35.0 Å². The number of aromatic nitrogens is 3. The molecule has 0 aliphatic carbocycles. The lowest BCUT2D eigenvalue weighted by atomic mass is 10.3. The summed E-state index contributed by atoms with van der Waals surface area (Å²) < 4.78 is 0.893. The van der Waals surface area contributed by atoms with E-state index in [9.17, 15) is 0 Å². The largest absolute Gasteiger partial charge is 0.395 e. The number of halogens is 1. The van der Waals surface area contributed by atoms with E-state index in [0.29, 0.717) is 36.2 Å². The molecule has 0 bridgehead atoms. The molecule has 0 radical (unpaired) electrons. The summed E-state index contributed by atoms with van der Waals surface area (Å²) in [5.74, 6) is 1.73. The van der Waals surface area contributed by atoms with Crippen molar-refractivity contribution in [2.24, 2.45) is 0 Å². The average molecular weight is 353 g/mol. The summed E-state index contributed by atoms with van der Waals surface area (Å²) in [6, 6.07) is 3.69. The number of nitrogens with zero attached hydrogens (tertiary/aromatic N) is 4. The molecule has 0 aromatic carbocycles. The second-order valence-electron chi connectivity index (χ2n) is 4.25. The first-order chi connectivity index (χ1) is 10.2. The van der Waals surface area contributed by atoms with Gasteiger partial charge in [-0.3, -0.25) is 0 Å². The summed E-state index contributed by atoms with van der Waals surface area (Å²) in [6.07, 6.45) is 3.12. The van der Waals surface area contributed by atoms with Gasteiger partial charge < -0.3 is 21.1 Å². The predicted octanol–water partition coefficient (Wildman–Crippen LogP) is 1.78. The van der Waals surface area contributed by atoms with Gasteiger partial charge in [0.2, 0.25) is 0 Å². The normalized spacial score (nSPS) is 10.4. The molecule has 7 nitrogen and oxygen atoms in total. The number of hydrogen-bond acceptors (Lipinski definition) is 7. The van der Waals surface area contributed by atoms with E-state index in [1.807, 2.05) is 24.0 Å². The molecule has 2 aromatic heterocycles. The molecule has 0 saturated heterocycles. The third-order valence-corrected chi connectivity index (χ3v) is 3.36. The first kappa shape index (κ1) is 15.5. The van der Waals surface area contributed by atoms with E-state index < -0.39 is 0 Å².